The summed E-state index contributed by atoms with van der Waals surface area (Å²) < 4.78 is 36.4. The quantitative estimate of drug-likeness (QED) is 0.0999. The predicted octanol–water partition coefficient (Wildman–Crippen LogP) is 3.23. The zero-order chi connectivity index (χ0) is 46.4. The van der Waals surface area contributed by atoms with Crippen LogP contribution in [0.15, 0.2) is 102 Å². The topological polar surface area (TPSA) is 234 Å². The first-order chi connectivity index (χ1) is 30.3. The summed E-state index contributed by atoms with van der Waals surface area (Å²) in [4.78, 5) is 68.1. The summed E-state index contributed by atoms with van der Waals surface area (Å²) in [5.74, 6) is -5.46. The molecule has 1 amide bonds. The molecule has 2 saturated carbocycles. The molecule has 342 valence electrons. The van der Waals surface area contributed by atoms with Crippen molar-refractivity contribution in [2.75, 3.05) is 13.2 Å². The number of hydrogen-bond acceptors (Lipinski definition) is 15. The van der Waals surface area contributed by atoms with Crippen LogP contribution in [0.4, 0.5) is 0 Å². The van der Waals surface area contributed by atoms with Crippen molar-refractivity contribution in [3.63, 3.8) is 0 Å². The van der Waals surface area contributed by atoms with Gasteiger partial charge >= 0.3 is 23.9 Å². The molecule has 0 unspecified atom stereocenters. The third kappa shape index (κ3) is 8.06. The van der Waals surface area contributed by atoms with Gasteiger partial charge in [-0.15, -0.1) is 0 Å². The lowest BCUT2D eigenvalue weighted by atomic mass is 9.44. The first kappa shape index (κ1) is 46.3. The van der Waals surface area contributed by atoms with E-state index in [0.29, 0.717) is 5.75 Å². The Morgan fingerprint density at radius 1 is 0.828 bits per heavy atom. The number of ether oxygens (including phenoxy) is 6. The van der Waals surface area contributed by atoms with Gasteiger partial charge < -0.3 is 54.2 Å². The van der Waals surface area contributed by atoms with Crippen LogP contribution in [0.25, 0.3) is 0 Å². The minimum atomic E-state index is -2.37. The fourth-order valence-electron chi connectivity index (χ4n) is 10.4. The summed E-state index contributed by atoms with van der Waals surface area (Å²) >= 11 is 0. The summed E-state index contributed by atoms with van der Waals surface area (Å²) in [5, 5.41) is 53.1. The minimum Gasteiger partial charge on any atom is -0.491 e. The van der Waals surface area contributed by atoms with E-state index in [1.807, 2.05) is 0 Å². The number of aliphatic hydroxyl groups excluding tert-OH is 3. The fraction of sp³-hybridized carbons (Fsp3) is 0.479. The monoisotopic (exact) mass is 885 g/mol. The number of esters is 4. The summed E-state index contributed by atoms with van der Waals surface area (Å²) in [5.41, 5.74) is -6.95. The first-order valence-corrected chi connectivity index (χ1v) is 21.2. The van der Waals surface area contributed by atoms with Crippen molar-refractivity contribution < 1.29 is 72.8 Å². The highest BCUT2D eigenvalue weighted by Gasteiger charge is 2.78. The van der Waals surface area contributed by atoms with Crippen molar-refractivity contribution in [1.82, 2.24) is 5.32 Å². The molecule has 4 aliphatic rings. The third-order valence-corrected chi connectivity index (χ3v) is 13.8. The number of para-hydroxylation sites is 1. The molecule has 3 aromatic rings. The molecule has 5 N–H and O–H groups in total. The minimum absolute atomic E-state index is 0.0822. The molecular weight excluding hydrogens is 831 g/mol. The van der Waals surface area contributed by atoms with Gasteiger partial charge in [0.1, 0.15) is 42.4 Å². The van der Waals surface area contributed by atoms with Gasteiger partial charge in [-0.1, -0.05) is 75.4 Å². The number of aliphatic hydroxyl groups is 4. The van der Waals surface area contributed by atoms with Crippen LogP contribution in [0.3, 0.4) is 0 Å². The molecule has 0 spiro atoms. The molecule has 0 aromatic heterocycles. The van der Waals surface area contributed by atoms with Crippen LogP contribution >= 0.6 is 0 Å². The van der Waals surface area contributed by atoms with E-state index in [-0.39, 0.29) is 41.9 Å². The Hall–Kier alpha value is -5.65. The summed E-state index contributed by atoms with van der Waals surface area (Å²) in [6.07, 6.45) is -12.0. The molecule has 1 heterocycles. The molecule has 16 heteroatoms. The van der Waals surface area contributed by atoms with E-state index < -0.39 is 113 Å². The normalized spacial score (nSPS) is 32.3. The average Bonchev–Trinajstić information content (AvgIpc) is 3.26. The number of carbonyl (C=O) groups excluding carboxylic acids is 5. The number of fused-ring (bicyclic) bond motifs is 5. The van der Waals surface area contributed by atoms with Crippen molar-refractivity contribution >= 4 is 29.8 Å². The second kappa shape index (κ2) is 17.7. The molecule has 64 heavy (non-hydrogen) atoms. The fourth-order valence-corrected chi connectivity index (χ4v) is 10.4. The smallest absolute Gasteiger partial charge is 0.338 e. The van der Waals surface area contributed by atoms with E-state index in [1.54, 1.807) is 99.6 Å². The highest BCUT2D eigenvalue weighted by Crippen LogP contribution is 2.65. The van der Waals surface area contributed by atoms with E-state index in [4.69, 9.17) is 28.4 Å². The van der Waals surface area contributed by atoms with Crippen molar-refractivity contribution in [2.24, 2.45) is 16.7 Å². The van der Waals surface area contributed by atoms with Crippen LogP contribution in [0.1, 0.15) is 75.1 Å². The van der Waals surface area contributed by atoms with Gasteiger partial charge in [0.15, 0.2) is 17.8 Å². The Morgan fingerprint density at radius 2 is 1.42 bits per heavy atom. The van der Waals surface area contributed by atoms with Crippen LogP contribution in [0.5, 0.6) is 5.75 Å². The van der Waals surface area contributed by atoms with E-state index in [0.717, 1.165) is 6.92 Å². The molecule has 3 aliphatic carbocycles. The van der Waals surface area contributed by atoms with E-state index in [9.17, 15) is 44.4 Å². The largest absolute Gasteiger partial charge is 0.491 e. The van der Waals surface area contributed by atoms with Crippen molar-refractivity contribution in [1.29, 1.82) is 0 Å². The maximum Gasteiger partial charge on any atom is 0.338 e. The Kier molecular flexibility index (Phi) is 12.8. The SMILES string of the molecule is CC(=O)O[C@@H]1C2=C(C)[C@@H](OC(=O)[C@H](O)[C@H](COc3ccccc3)NC(=O)c3ccccc3)C[C@@](O)([C@@H](OC(=O)c3ccccc3)[C@@H]3[C@]4(OC(C)=O)CO[C@@H]4C[C@H](O)[C@@]3(C)[C@H]1O)C2(C)C. The molecule has 2 bridgehead atoms. The van der Waals surface area contributed by atoms with Crippen molar-refractivity contribution in [3.05, 3.63) is 113 Å². The van der Waals surface area contributed by atoms with Crippen LogP contribution < -0.4 is 10.1 Å². The standard InChI is InChI=1S/C48H55NO15/c1-26-33(62-44(57)37(53)32(24-59-31-20-14-9-15-21-31)49-42(55)29-16-10-7-11-17-29)23-48(58)41(63-43(56)30-18-12-8-13-19-30)39-46(6,34(52)22-35-47(39,25-60-35)64-28(3)51)40(54)38(61-27(2)50)36(26)45(48,4)5/h7-21,32-35,37-41,52-54,58H,22-25H2,1-6H3,(H,49,55)/t32-,33-,34-,35+,37+,38+,39-,40-,41-,46+,47-,48+/m0/s1. The van der Waals surface area contributed by atoms with Crippen LogP contribution in [-0.2, 0) is 38.1 Å². The molecule has 7 rings (SSSR count). The summed E-state index contributed by atoms with van der Waals surface area (Å²) in [6.45, 7) is 7.86. The van der Waals surface area contributed by atoms with E-state index in [1.165, 1.54) is 26.0 Å². The maximum atomic E-state index is 14.3. The van der Waals surface area contributed by atoms with Gasteiger partial charge in [-0.3, -0.25) is 14.4 Å². The zero-order valence-electron chi connectivity index (χ0n) is 36.5. The summed E-state index contributed by atoms with van der Waals surface area (Å²) in [6, 6.07) is 23.1. The Bertz CT molecular complexity index is 2270. The highest BCUT2D eigenvalue weighted by atomic mass is 16.6. The molecule has 1 saturated heterocycles. The predicted molar refractivity (Wildman–Crippen MR) is 225 cm³/mol. The number of nitrogens with one attached hydrogen (secondary N) is 1. The lowest BCUT2D eigenvalue weighted by Gasteiger charge is -2.69. The third-order valence-electron chi connectivity index (χ3n) is 13.8. The maximum absolute atomic E-state index is 14.3. The Morgan fingerprint density at radius 3 is 1.98 bits per heavy atom. The van der Waals surface area contributed by atoms with Gasteiger partial charge in [-0.25, -0.2) is 9.59 Å². The van der Waals surface area contributed by atoms with Crippen molar-refractivity contribution in [3.8, 4) is 5.75 Å². The number of amides is 1. The number of rotatable bonds is 12. The second-order valence-electron chi connectivity index (χ2n) is 17.9. The number of carbonyl (C=O) groups is 5. The molecule has 3 aromatic carbocycles. The van der Waals surface area contributed by atoms with Gasteiger partial charge in [0.2, 0.25) is 0 Å². The number of benzene rings is 3. The zero-order valence-corrected chi connectivity index (χ0v) is 36.5. The Balaban J connectivity index is 1.35. The van der Waals surface area contributed by atoms with Crippen LogP contribution in [0, 0.1) is 16.7 Å². The molecule has 1 aliphatic heterocycles. The lowest BCUT2D eigenvalue weighted by Crippen LogP contribution is -2.82. The molecule has 12 atom stereocenters. The van der Waals surface area contributed by atoms with Crippen molar-refractivity contribution in [2.45, 2.75) is 114 Å². The molecule has 0 radical (unpaired) electrons. The van der Waals surface area contributed by atoms with Crippen LogP contribution in [-0.4, -0.2) is 123 Å². The van der Waals surface area contributed by atoms with E-state index in [2.05, 4.69) is 5.32 Å². The van der Waals surface area contributed by atoms with Crippen LogP contribution in [0.2, 0.25) is 0 Å². The van der Waals surface area contributed by atoms with E-state index >= 15 is 0 Å². The Labute approximate surface area is 370 Å². The molecule has 16 nitrogen and oxygen atoms in total. The van der Waals surface area contributed by atoms with Gasteiger partial charge in [-0.05, 0) is 54.5 Å². The first-order valence-electron chi connectivity index (χ1n) is 21.2. The highest BCUT2D eigenvalue weighted by molar-refractivity contribution is 5.95. The molecular formula is C48H55NO15. The molecule has 3 fully saturated rings. The lowest BCUT2D eigenvalue weighted by molar-refractivity contribution is -0.365. The second-order valence-corrected chi connectivity index (χ2v) is 17.9. The summed E-state index contributed by atoms with van der Waals surface area (Å²) in [7, 11) is 0. The van der Waals surface area contributed by atoms with Gasteiger partial charge in [-0.2, -0.15) is 0 Å². The average molecular weight is 886 g/mol. The van der Waals surface area contributed by atoms with Gasteiger partial charge in [0.05, 0.1) is 30.2 Å². The number of hydrogen-bond donors (Lipinski definition) is 5. The van der Waals surface area contributed by atoms with Gasteiger partial charge in [0, 0.05) is 43.1 Å². The van der Waals surface area contributed by atoms with Gasteiger partial charge in [0.25, 0.3) is 5.91 Å².